The van der Waals surface area contributed by atoms with Crippen LogP contribution < -0.4 is 5.73 Å². The molecule has 1 aliphatic heterocycles. The minimum absolute atomic E-state index is 0.177. The molecule has 0 aliphatic carbocycles. The summed E-state index contributed by atoms with van der Waals surface area (Å²) in [4.78, 5) is 25.3. The number of rotatable bonds is 8. The van der Waals surface area contributed by atoms with Gasteiger partial charge in [-0.3, -0.25) is 19.8 Å². The topological polar surface area (TPSA) is 92.7 Å². The summed E-state index contributed by atoms with van der Waals surface area (Å²) in [6.45, 7) is 4.94. The molecule has 0 aromatic heterocycles. The molecule has 1 saturated heterocycles. The third-order valence-electron chi connectivity index (χ3n) is 3.43. The molecule has 0 aromatic carbocycles. The maximum absolute atomic E-state index is 10.9. The highest BCUT2D eigenvalue weighted by Crippen LogP contribution is 2.19. The Hall–Kier alpha value is -2.15. The van der Waals surface area contributed by atoms with E-state index in [0.29, 0.717) is 12.2 Å². The Kier molecular flexibility index (Phi) is 6.61. The Bertz CT molecular complexity index is 459. The van der Waals surface area contributed by atoms with E-state index in [4.69, 9.17) is 5.73 Å². The van der Waals surface area contributed by atoms with E-state index in [1.807, 2.05) is 16.8 Å². The van der Waals surface area contributed by atoms with Crippen molar-refractivity contribution in [3.63, 3.8) is 0 Å². The van der Waals surface area contributed by atoms with Crippen molar-refractivity contribution in [2.45, 2.75) is 12.5 Å². The first-order chi connectivity index (χ1) is 9.93. The molecule has 7 nitrogen and oxygen atoms in total. The zero-order chi connectivity index (χ0) is 15.8. The van der Waals surface area contributed by atoms with Crippen LogP contribution in [0.5, 0.6) is 0 Å². The summed E-state index contributed by atoms with van der Waals surface area (Å²) in [5, 5.41) is 10.8. The molecule has 116 valence electrons. The fourth-order valence-electron chi connectivity index (χ4n) is 2.37. The predicted molar refractivity (Wildman–Crippen MR) is 81.1 cm³/mol. The maximum atomic E-state index is 10.9. The van der Waals surface area contributed by atoms with Crippen molar-refractivity contribution in [1.82, 2.24) is 9.80 Å². The van der Waals surface area contributed by atoms with Crippen molar-refractivity contribution in [2.75, 3.05) is 33.2 Å². The number of allylic oxidation sites excluding steroid dienone is 4. The monoisotopic (exact) mass is 294 g/mol. The van der Waals surface area contributed by atoms with Gasteiger partial charge < -0.3 is 10.6 Å². The Balaban J connectivity index is 2.71. The maximum Gasteiger partial charge on any atom is 0.243 e. The highest BCUT2D eigenvalue weighted by Gasteiger charge is 2.28. The molecule has 1 fully saturated rings. The molecule has 1 amide bonds. The van der Waals surface area contributed by atoms with E-state index in [0.717, 1.165) is 13.0 Å². The number of nitrogens with zero attached hydrogens (tertiary/aromatic N) is 3. The summed E-state index contributed by atoms with van der Waals surface area (Å²) >= 11 is 0. The van der Waals surface area contributed by atoms with E-state index >= 15 is 0 Å². The molecule has 1 atom stereocenters. The smallest absolute Gasteiger partial charge is 0.243 e. The van der Waals surface area contributed by atoms with Crippen LogP contribution in [0.25, 0.3) is 0 Å². The molecule has 1 unspecified atom stereocenters. The molecule has 0 saturated carbocycles. The van der Waals surface area contributed by atoms with Gasteiger partial charge in [0.25, 0.3) is 0 Å². The standard InChI is InChI=1S/C14H22N4O3/c1-3-4-5-6-13(10-18(20)21)17-8-7-12(9-17)16(2)11-14(15)19/h3-6,12H,1,7-11H2,2H3,(H2,15,19)/b5-4-,13-6+. The number of primary amides is 1. The third-order valence-corrected chi connectivity index (χ3v) is 3.43. The molecule has 2 N–H and O–H groups in total. The van der Waals surface area contributed by atoms with Gasteiger partial charge in [0, 0.05) is 24.1 Å². The molecule has 7 heteroatoms. The molecule has 0 radical (unpaired) electrons. The Labute approximate surface area is 124 Å². The predicted octanol–water partition coefficient (Wildman–Crippen LogP) is 0.381. The number of likely N-dealkylation sites (tertiary alicyclic amines) is 1. The lowest BCUT2D eigenvalue weighted by molar-refractivity contribution is -0.473. The fourth-order valence-corrected chi connectivity index (χ4v) is 2.37. The van der Waals surface area contributed by atoms with Gasteiger partial charge in [-0.1, -0.05) is 24.8 Å². The molecule has 0 bridgehead atoms. The molecular weight excluding hydrogens is 272 g/mol. The van der Waals surface area contributed by atoms with Gasteiger partial charge >= 0.3 is 0 Å². The van der Waals surface area contributed by atoms with Crippen molar-refractivity contribution < 1.29 is 9.72 Å². The second-order valence-electron chi connectivity index (χ2n) is 5.04. The van der Waals surface area contributed by atoms with Crippen LogP contribution in [0.4, 0.5) is 0 Å². The third kappa shape index (κ3) is 5.78. The lowest BCUT2D eigenvalue weighted by Gasteiger charge is -2.24. The number of carbonyl (C=O) groups excluding carboxylic acids is 1. The zero-order valence-corrected chi connectivity index (χ0v) is 12.3. The van der Waals surface area contributed by atoms with Crippen LogP contribution >= 0.6 is 0 Å². The average Bonchev–Trinajstić information content (AvgIpc) is 2.86. The van der Waals surface area contributed by atoms with Gasteiger partial charge in [0.05, 0.1) is 12.2 Å². The van der Waals surface area contributed by atoms with Crippen LogP contribution in [-0.4, -0.2) is 59.9 Å². The molecule has 0 spiro atoms. The van der Waals surface area contributed by atoms with E-state index in [1.54, 1.807) is 24.3 Å². The summed E-state index contributed by atoms with van der Waals surface area (Å²) in [7, 11) is 1.84. The van der Waals surface area contributed by atoms with Crippen molar-refractivity contribution in [3.8, 4) is 0 Å². The van der Waals surface area contributed by atoms with Gasteiger partial charge in [-0.25, -0.2) is 0 Å². The molecule has 1 aliphatic rings. The van der Waals surface area contributed by atoms with E-state index in [2.05, 4.69) is 6.58 Å². The summed E-state index contributed by atoms with van der Waals surface area (Å²) < 4.78 is 0. The van der Waals surface area contributed by atoms with E-state index in [1.165, 1.54) is 0 Å². The van der Waals surface area contributed by atoms with Crippen molar-refractivity contribution in [2.24, 2.45) is 5.73 Å². The van der Waals surface area contributed by atoms with Crippen molar-refractivity contribution in [3.05, 3.63) is 46.7 Å². The largest absolute Gasteiger partial charge is 0.369 e. The summed E-state index contributed by atoms with van der Waals surface area (Å²) in [5.41, 5.74) is 5.85. The van der Waals surface area contributed by atoms with E-state index < -0.39 is 0 Å². The highest BCUT2D eigenvalue weighted by atomic mass is 16.6. The van der Waals surface area contributed by atoms with Crippen molar-refractivity contribution >= 4 is 5.91 Å². The summed E-state index contributed by atoms with van der Waals surface area (Å²) in [6, 6.07) is 0.177. The quantitative estimate of drug-likeness (QED) is 0.397. The number of likely N-dealkylation sites (N-methyl/N-ethyl adjacent to an activating group) is 1. The van der Waals surface area contributed by atoms with Crippen LogP contribution in [0.15, 0.2) is 36.6 Å². The zero-order valence-electron chi connectivity index (χ0n) is 12.3. The number of carbonyl (C=O) groups is 1. The van der Waals surface area contributed by atoms with Crippen LogP contribution in [-0.2, 0) is 4.79 Å². The first-order valence-electron chi connectivity index (χ1n) is 6.77. The molecule has 1 heterocycles. The SMILES string of the molecule is C=C/C=C\C=C(/C[N+](=O)[O-])N1CCC(N(C)CC(N)=O)C1. The minimum atomic E-state index is -0.370. The van der Waals surface area contributed by atoms with Crippen LogP contribution in [0.2, 0.25) is 0 Å². The fraction of sp³-hybridized carbons (Fsp3) is 0.500. The lowest BCUT2D eigenvalue weighted by Crippen LogP contribution is -2.40. The summed E-state index contributed by atoms with van der Waals surface area (Å²) in [5.74, 6) is -0.370. The number of nitro groups is 1. The van der Waals surface area contributed by atoms with Gasteiger partial charge in [-0.05, 0) is 19.5 Å². The molecule has 0 aromatic rings. The normalized spacial score (nSPS) is 19.4. The minimum Gasteiger partial charge on any atom is -0.369 e. The second-order valence-corrected chi connectivity index (χ2v) is 5.04. The number of amides is 1. The lowest BCUT2D eigenvalue weighted by atomic mass is 10.2. The van der Waals surface area contributed by atoms with Gasteiger partial charge in [0.1, 0.15) is 0 Å². The van der Waals surface area contributed by atoms with Gasteiger partial charge in [0.2, 0.25) is 12.5 Å². The number of hydrogen-bond donors (Lipinski definition) is 1. The Morgan fingerprint density at radius 3 is 2.86 bits per heavy atom. The Morgan fingerprint density at radius 2 is 2.29 bits per heavy atom. The molecular formula is C14H22N4O3. The van der Waals surface area contributed by atoms with E-state index in [9.17, 15) is 14.9 Å². The van der Waals surface area contributed by atoms with Gasteiger partial charge in [0.15, 0.2) is 0 Å². The van der Waals surface area contributed by atoms with Crippen molar-refractivity contribution in [1.29, 1.82) is 0 Å². The average molecular weight is 294 g/mol. The highest BCUT2D eigenvalue weighted by molar-refractivity contribution is 5.75. The molecule has 1 rings (SSSR count). The second kappa shape index (κ2) is 8.21. The number of nitrogens with two attached hydrogens (primary N) is 1. The van der Waals surface area contributed by atoms with Gasteiger partial charge in [-0.2, -0.15) is 0 Å². The molecule has 21 heavy (non-hydrogen) atoms. The van der Waals surface area contributed by atoms with Crippen LogP contribution in [0, 0.1) is 10.1 Å². The Morgan fingerprint density at radius 1 is 1.57 bits per heavy atom. The summed E-state index contributed by atoms with van der Waals surface area (Å²) in [6.07, 6.45) is 7.68. The van der Waals surface area contributed by atoms with Crippen LogP contribution in [0.1, 0.15) is 6.42 Å². The van der Waals surface area contributed by atoms with Crippen LogP contribution in [0.3, 0.4) is 0 Å². The first-order valence-corrected chi connectivity index (χ1v) is 6.77. The first kappa shape index (κ1) is 16.9. The van der Waals surface area contributed by atoms with E-state index in [-0.39, 0.29) is 30.0 Å². The van der Waals surface area contributed by atoms with Gasteiger partial charge in [-0.15, -0.1) is 0 Å². The number of hydrogen-bond acceptors (Lipinski definition) is 5.